The summed E-state index contributed by atoms with van der Waals surface area (Å²) in [5, 5.41) is 7.81. The van der Waals surface area contributed by atoms with Gasteiger partial charge in [0.1, 0.15) is 0 Å². The summed E-state index contributed by atoms with van der Waals surface area (Å²) in [6.07, 6.45) is 2.85. The molecule has 8 heteroatoms. The minimum Gasteiger partial charge on any atom is -0.483 e. The van der Waals surface area contributed by atoms with Crippen molar-refractivity contribution < 1.29 is 24.2 Å². The van der Waals surface area contributed by atoms with Gasteiger partial charge in [0.05, 0.1) is 37.0 Å². The van der Waals surface area contributed by atoms with Crippen LogP contribution in [0.3, 0.4) is 0 Å². The highest BCUT2D eigenvalue weighted by molar-refractivity contribution is 6.05. The van der Waals surface area contributed by atoms with Crippen LogP contribution in [0.5, 0.6) is 0 Å². The predicted molar refractivity (Wildman–Crippen MR) is 108 cm³/mol. The van der Waals surface area contributed by atoms with E-state index in [0.717, 1.165) is 55.6 Å². The maximum Gasteiger partial charge on any atom is 0.290 e. The van der Waals surface area contributed by atoms with Crippen LogP contribution < -0.4 is 0 Å². The van der Waals surface area contributed by atoms with Crippen LogP contribution in [0, 0.1) is 0 Å². The van der Waals surface area contributed by atoms with E-state index in [4.69, 9.17) is 19.4 Å². The van der Waals surface area contributed by atoms with Crippen LogP contribution in [-0.2, 0) is 14.3 Å². The highest BCUT2D eigenvalue weighted by Gasteiger charge is 2.24. The molecule has 3 heterocycles. The second-order valence-electron chi connectivity index (χ2n) is 7.00. The summed E-state index contributed by atoms with van der Waals surface area (Å²) in [4.78, 5) is 30.2. The van der Waals surface area contributed by atoms with Gasteiger partial charge in [0.2, 0.25) is 0 Å². The second kappa shape index (κ2) is 10.8. The summed E-state index contributed by atoms with van der Waals surface area (Å²) < 4.78 is 11.2. The van der Waals surface area contributed by atoms with Crippen LogP contribution >= 0.6 is 0 Å². The highest BCUT2D eigenvalue weighted by atomic mass is 16.6. The fourth-order valence-electron chi connectivity index (χ4n) is 3.74. The van der Waals surface area contributed by atoms with E-state index in [1.807, 2.05) is 35.2 Å². The number of carbonyl (C=O) groups excluding carboxylic acids is 1. The third-order valence-electron chi connectivity index (χ3n) is 5.10. The Morgan fingerprint density at radius 1 is 1.17 bits per heavy atom. The Morgan fingerprint density at radius 3 is 2.79 bits per heavy atom. The molecule has 29 heavy (non-hydrogen) atoms. The molecule has 4 rings (SSSR count). The summed E-state index contributed by atoms with van der Waals surface area (Å²) >= 11 is 0. The lowest BCUT2D eigenvalue weighted by Crippen LogP contribution is -2.42. The van der Waals surface area contributed by atoms with Crippen molar-refractivity contribution in [3.8, 4) is 0 Å². The van der Waals surface area contributed by atoms with Gasteiger partial charge in [-0.05, 0) is 25.1 Å². The average Bonchev–Trinajstić information content (AvgIpc) is 3.00. The van der Waals surface area contributed by atoms with E-state index in [2.05, 4.69) is 9.88 Å². The number of fused-ring (bicyclic) bond motifs is 1. The minimum atomic E-state index is -0.250. The number of carbonyl (C=O) groups is 2. The molecule has 2 fully saturated rings. The highest BCUT2D eigenvalue weighted by Crippen LogP contribution is 2.19. The quantitative estimate of drug-likeness (QED) is 0.779. The molecule has 2 aliphatic heterocycles. The zero-order valence-electron chi connectivity index (χ0n) is 16.4. The largest absolute Gasteiger partial charge is 0.483 e. The van der Waals surface area contributed by atoms with Gasteiger partial charge >= 0.3 is 0 Å². The lowest BCUT2D eigenvalue weighted by molar-refractivity contribution is -0.122. The Morgan fingerprint density at radius 2 is 2.00 bits per heavy atom. The van der Waals surface area contributed by atoms with Gasteiger partial charge in [-0.1, -0.05) is 18.2 Å². The van der Waals surface area contributed by atoms with Crippen LogP contribution in [0.4, 0.5) is 0 Å². The summed E-state index contributed by atoms with van der Waals surface area (Å²) in [6.45, 7) is 6.05. The smallest absolute Gasteiger partial charge is 0.290 e. The average molecular weight is 401 g/mol. The predicted octanol–water partition coefficient (Wildman–Crippen LogP) is 1.50. The minimum absolute atomic E-state index is 0.0997. The van der Waals surface area contributed by atoms with Crippen LogP contribution in [-0.4, -0.2) is 90.9 Å². The van der Waals surface area contributed by atoms with E-state index in [1.165, 1.54) is 0 Å². The molecule has 2 saturated heterocycles. The normalized spacial score (nSPS) is 20.4. The number of para-hydroxylation sites is 1. The zero-order chi connectivity index (χ0) is 20.5. The number of carboxylic acid groups (broad SMARTS) is 1. The van der Waals surface area contributed by atoms with Crippen molar-refractivity contribution in [3.63, 3.8) is 0 Å². The van der Waals surface area contributed by atoms with E-state index in [0.29, 0.717) is 19.8 Å². The van der Waals surface area contributed by atoms with Crippen molar-refractivity contribution in [2.75, 3.05) is 52.5 Å². The number of hydrogen-bond donors (Lipinski definition) is 1. The summed E-state index contributed by atoms with van der Waals surface area (Å²) in [5.74, 6) is 0.0997. The molecular weight excluding hydrogens is 374 g/mol. The first-order valence-electron chi connectivity index (χ1n) is 9.85. The molecule has 1 unspecified atom stereocenters. The first kappa shape index (κ1) is 21.2. The molecule has 0 bridgehead atoms. The van der Waals surface area contributed by atoms with Gasteiger partial charge < -0.3 is 19.5 Å². The van der Waals surface area contributed by atoms with Gasteiger partial charge in [-0.25, -0.2) is 0 Å². The number of ether oxygens (including phenoxy) is 2. The molecule has 1 aromatic carbocycles. The van der Waals surface area contributed by atoms with Crippen molar-refractivity contribution >= 4 is 23.3 Å². The van der Waals surface area contributed by atoms with Gasteiger partial charge in [0, 0.05) is 37.8 Å². The summed E-state index contributed by atoms with van der Waals surface area (Å²) in [6, 6.07) is 9.66. The number of nitrogens with zero attached hydrogens (tertiary/aromatic N) is 3. The first-order chi connectivity index (χ1) is 14.2. The summed E-state index contributed by atoms with van der Waals surface area (Å²) in [7, 11) is 0. The molecule has 0 radical (unpaired) electrons. The van der Waals surface area contributed by atoms with Gasteiger partial charge in [0.25, 0.3) is 12.4 Å². The molecule has 8 nitrogen and oxygen atoms in total. The van der Waals surface area contributed by atoms with Gasteiger partial charge in [0.15, 0.2) is 0 Å². The Kier molecular flexibility index (Phi) is 7.92. The first-order valence-corrected chi connectivity index (χ1v) is 9.85. The lowest BCUT2D eigenvalue weighted by Gasteiger charge is -2.29. The number of amides is 1. The molecular formula is C21H27N3O5. The van der Waals surface area contributed by atoms with Crippen molar-refractivity contribution in [1.82, 2.24) is 14.8 Å². The third kappa shape index (κ3) is 5.72. The molecule has 2 aliphatic rings. The molecule has 1 N–H and O–H groups in total. The number of benzene rings is 1. The number of aromatic nitrogens is 1. The Bertz CT molecular complexity index is 805. The maximum absolute atomic E-state index is 13.1. The SMILES string of the molecule is O=C(c1ccnc2ccccc12)N1CCCN(CC2COCCO2)CC1.O=CO. The van der Waals surface area contributed by atoms with E-state index >= 15 is 0 Å². The van der Waals surface area contributed by atoms with Crippen molar-refractivity contribution in [1.29, 1.82) is 0 Å². The number of hydrogen-bond acceptors (Lipinski definition) is 6. The molecule has 0 aliphatic carbocycles. The Balaban J connectivity index is 0.000000755. The van der Waals surface area contributed by atoms with Gasteiger partial charge in [-0.3, -0.25) is 19.5 Å². The van der Waals surface area contributed by atoms with Crippen molar-refractivity contribution in [2.24, 2.45) is 0 Å². The van der Waals surface area contributed by atoms with Crippen molar-refractivity contribution in [3.05, 3.63) is 42.1 Å². The molecule has 0 spiro atoms. The van der Waals surface area contributed by atoms with E-state index in [-0.39, 0.29) is 18.5 Å². The molecule has 0 saturated carbocycles. The fraction of sp³-hybridized carbons (Fsp3) is 0.476. The zero-order valence-corrected chi connectivity index (χ0v) is 16.4. The summed E-state index contributed by atoms with van der Waals surface area (Å²) in [5.41, 5.74) is 1.61. The second-order valence-corrected chi connectivity index (χ2v) is 7.00. The number of pyridine rings is 1. The van der Waals surface area contributed by atoms with Gasteiger partial charge in [-0.15, -0.1) is 0 Å². The fourth-order valence-corrected chi connectivity index (χ4v) is 3.74. The van der Waals surface area contributed by atoms with E-state index in [1.54, 1.807) is 6.20 Å². The molecule has 1 amide bonds. The number of rotatable bonds is 3. The maximum atomic E-state index is 13.1. The Labute approximate surface area is 170 Å². The topological polar surface area (TPSA) is 92.2 Å². The van der Waals surface area contributed by atoms with E-state index < -0.39 is 0 Å². The molecule has 156 valence electrons. The third-order valence-corrected chi connectivity index (χ3v) is 5.10. The van der Waals surface area contributed by atoms with Crippen LogP contribution in [0.2, 0.25) is 0 Å². The van der Waals surface area contributed by atoms with Crippen LogP contribution in [0.1, 0.15) is 16.8 Å². The van der Waals surface area contributed by atoms with Crippen LogP contribution in [0.15, 0.2) is 36.5 Å². The molecule has 2 aromatic rings. The Hall–Kier alpha value is -2.55. The van der Waals surface area contributed by atoms with Gasteiger partial charge in [-0.2, -0.15) is 0 Å². The molecule has 1 aromatic heterocycles. The van der Waals surface area contributed by atoms with E-state index in [9.17, 15) is 4.79 Å². The monoisotopic (exact) mass is 401 g/mol. The van der Waals surface area contributed by atoms with Crippen molar-refractivity contribution in [2.45, 2.75) is 12.5 Å². The molecule has 1 atom stereocenters. The van der Waals surface area contributed by atoms with Crippen LogP contribution in [0.25, 0.3) is 10.9 Å². The standard InChI is InChI=1S/C20H25N3O3.CH2O2/c24-20(18-6-7-21-19-5-2-1-4-17(18)19)23-9-3-8-22(10-11-23)14-16-15-25-12-13-26-16;2-1-3/h1-2,4-7,16H,3,8-15H2;1H,(H,2,3). The lowest BCUT2D eigenvalue weighted by atomic mass is 10.1.